The number of halogens is 6. The van der Waals surface area contributed by atoms with Gasteiger partial charge in [-0.05, 0) is 24.3 Å². The van der Waals surface area contributed by atoms with Crippen LogP contribution in [0.3, 0.4) is 0 Å². The van der Waals surface area contributed by atoms with Gasteiger partial charge in [0.1, 0.15) is 0 Å². The van der Waals surface area contributed by atoms with E-state index in [1.807, 2.05) is 0 Å². The number of hydrogen-bond donors (Lipinski definition) is 1. The van der Waals surface area contributed by atoms with Crippen LogP contribution in [0.2, 0.25) is 0 Å². The van der Waals surface area contributed by atoms with E-state index in [1.54, 1.807) is 0 Å². The molecule has 1 aromatic carbocycles. The van der Waals surface area contributed by atoms with Crippen LogP contribution < -0.4 is 0 Å². The zero-order chi connectivity index (χ0) is 19.0. The number of hydrogen-bond acceptors (Lipinski definition) is 2. The van der Waals surface area contributed by atoms with Crippen LogP contribution in [0.4, 0.5) is 26.3 Å². The lowest BCUT2D eigenvalue weighted by Gasteiger charge is -2.13. The number of benzene rings is 1. The zero-order valence-electron chi connectivity index (χ0n) is 12.7. The molecule has 0 aliphatic heterocycles. The Morgan fingerprint density at radius 2 is 1.64 bits per heavy atom. The lowest BCUT2D eigenvalue weighted by molar-refractivity contribution is -0.143. The van der Waals surface area contributed by atoms with E-state index in [9.17, 15) is 31.1 Å². The summed E-state index contributed by atoms with van der Waals surface area (Å²) >= 11 is 0. The standard InChI is InChI=1S/C15H12F6N2O2/c1-8(13(24)25)7-23-3-2-12(22-23)9-4-10(14(16,17)18)6-11(5-9)15(19,20)21/h2-6,8H,7H2,1H3,(H,24,25). The number of carboxylic acids is 1. The second-order valence-corrected chi connectivity index (χ2v) is 5.46. The van der Waals surface area contributed by atoms with Crippen LogP contribution in [0.15, 0.2) is 30.5 Å². The molecular formula is C15H12F6N2O2. The zero-order valence-corrected chi connectivity index (χ0v) is 12.7. The smallest absolute Gasteiger partial charge is 0.416 e. The summed E-state index contributed by atoms with van der Waals surface area (Å²) in [6.07, 6.45) is -8.60. The Hall–Kier alpha value is -2.52. The van der Waals surface area contributed by atoms with Crippen molar-refractivity contribution in [3.05, 3.63) is 41.6 Å². The molecule has 0 radical (unpaired) electrons. The highest BCUT2D eigenvalue weighted by Crippen LogP contribution is 2.38. The fourth-order valence-corrected chi connectivity index (χ4v) is 2.08. The van der Waals surface area contributed by atoms with Crippen molar-refractivity contribution in [3.8, 4) is 11.3 Å². The van der Waals surface area contributed by atoms with E-state index < -0.39 is 35.4 Å². The van der Waals surface area contributed by atoms with Crippen molar-refractivity contribution in [3.63, 3.8) is 0 Å². The molecule has 136 valence electrons. The average molecular weight is 366 g/mol. The van der Waals surface area contributed by atoms with Crippen LogP contribution in [0.1, 0.15) is 18.1 Å². The van der Waals surface area contributed by atoms with Crippen LogP contribution >= 0.6 is 0 Å². The second-order valence-electron chi connectivity index (χ2n) is 5.46. The summed E-state index contributed by atoms with van der Waals surface area (Å²) in [6, 6.07) is 2.41. The molecular weight excluding hydrogens is 354 g/mol. The number of carboxylic acid groups (broad SMARTS) is 1. The first-order chi connectivity index (χ1) is 11.4. The van der Waals surface area contributed by atoms with E-state index in [0.29, 0.717) is 12.1 Å². The van der Waals surface area contributed by atoms with Gasteiger partial charge < -0.3 is 5.11 Å². The van der Waals surface area contributed by atoms with E-state index in [0.717, 1.165) is 4.68 Å². The third-order valence-corrected chi connectivity index (χ3v) is 3.41. The molecule has 0 amide bonds. The van der Waals surface area contributed by atoms with Crippen molar-refractivity contribution in [2.45, 2.75) is 25.8 Å². The molecule has 1 atom stereocenters. The van der Waals surface area contributed by atoms with Crippen LogP contribution in [0.25, 0.3) is 11.3 Å². The molecule has 1 N–H and O–H groups in total. The maximum absolute atomic E-state index is 12.9. The van der Waals surface area contributed by atoms with Gasteiger partial charge in [0, 0.05) is 11.8 Å². The fourth-order valence-electron chi connectivity index (χ4n) is 2.08. The quantitative estimate of drug-likeness (QED) is 0.821. The van der Waals surface area contributed by atoms with Gasteiger partial charge in [-0.15, -0.1) is 0 Å². The Balaban J connectivity index is 2.45. The number of aliphatic carboxylic acids is 1. The number of nitrogens with zero attached hydrogens (tertiary/aromatic N) is 2. The molecule has 0 aliphatic rings. The summed E-state index contributed by atoms with van der Waals surface area (Å²) in [4.78, 5) is 10.8. The van der Waals surface area contributed by atoms with Gasteiger partial charge in [0.05, 0.1) is 29.3 Å². The fraction of sp³-hybridized carbons (Fsp3) is 0.333. The highest BCUT2D eigenvalue weighted by atomic mass is 19.4. The van der Waals surface area contributed by atoms with E-state index in [4.69, 9.17) is 5.11 Å². The van der Waals surface area contributed by atoms with Crippen molar-refractivity contribution < 1.29 is 36.2 Å². The first-order valence-electron chi connectivity index (χ1n) is 6.94. The molecule has 0 aliphatic carbocycles. The molecule has 1 unspecified atom stereocenters. The predicted octanol–water partition coefficient (Wildman–Crippen LogP) is 4.31. The Morgan fingerprint density at radius 3 is 2.08 bits per heavy atom. The third kappa shape index (κ3) is 4.52. The molecule has 0 saturated carbocycles. The second kappa shape index (κ2) is 6.41. The molecule has 0 bridgehead atoms. The molecule has 0 saturated heterocycles. The Morgan fingerprint density at radius 1 is 1.12 bits per heavy atom. The van der Waals surface area contributed by atoms with E-state index in [1.165, 1.54) is 19.2 Å². The van der Waals surface area contributed by atoms with Crippen LogP contribution in [0.5, 0.6) is 0 Å². The SMILES string of the molecule is CC(Cn1ccc(-c2cc(C(F)(F)F)cc(C(F)(F)F)c2)n1)C(=O)O. The van der Waals surface area contributed by atoms with Gasteiger partial charge in [-0.25, -0.2) is 0 Å². The van der Waals surface area contributed by atoms with Gasteiger partial charge in [-0.3, -0.25) is 9.48 Å². The third-order valence-electron chi connectivity index (χ3n) is 3.41. The summed E-state index contributed by atoms with van der Waals surface area (Å²) in [7, 11) is 0. The topological polar surface area (TPSA) is 55.1 Å². The van der Waals surface area contributed by atoms with Crippen LogP contribution in [-0.4, -0.2) is 20.9 Å². The van der Waals surface area contributed by atoms with Crippen molar-refractivity contribution >= 4 is 5.97 Å². The van der Waals surface area contributed by atoms with Gasteiger partial charge in [-0.1, -0.05) is 6.92 Å². The van der Waals surface area contributed by atoms with E-state index in [2.05, 4.69) is 5.10 Å². The number of alkyl halides is 6. The van der Waals surface area contributed by atoms with Gasteiger partial charge >= 0.3 is 18.3 Å². The summed E-state index contributed by atoms with van der Waals surface area (Å²) in [6.45, 7) is 1.33. The molecule has 1 heterocycles. The predicted molar refractivity (Wildman–Crippen MR) is 74.5 cm³/mol. The monoisotopic (exact) mass is 366 g/mol. The molecule has 2 aromatic rings. The Bertz CT molecular complexity index is 747. The largest absolute Gasteiger partial charge is 0.481 e. The molecule has 4 nitrogen and oxygen atoms in total. The summed E-state index contributed by atoms with van der Waals surface area (Å²) < 4.78 is 78.3. The highest BCUT2D eigenvalue weighted by Gasteiger charge is 2.37. The van der Waals surface area contributed by atoms with Crippen LogP contribution in [0, 0.1) is 5.92 Å². The summed E-state index contributed by atoms with van der Waals surface area (Å²) in [5, 5.41) is 12.7. The number of carbonyl (C=O) groups is 1. The minimum Gasteiger partial charge on any atom is -0.481 e. The molecule has 1 aromatic heterocycles. The molecule has 25 heavy (non-hydrogen) atoms. The van der Waals surface area contributed by atoms with Crippen LogP contribution in [-0.2, 0) is 23.7 Å². The molecule has 0 fully saturated rings. The van der Waals surface area contributed by atoms with Crippen molar-refractivity contribution in [1.29, 1.82) is 0 Å². The molecule has 2 rings (SSSR count). The Labute approximate surface area is 137 Å². The normalized spacial score (nSPS) is 13.7. The first-order valence-corrected chi connectivity index (χ1v) is 6.94. The average Bonchev–Trinajstić information content (AvgIpc) is 2.93. The Kier molecular flexibility index (Phi) is 4.83. The maximum atomic E-state index is 12.9. The maximum Gasteiger partial charge on any atom is 0.416 e. The lowest BCUT2D eigenvalue weighted by Crippen LogP contribution is -2.17. The van der Waals surface area contributed by atoms with Gasteiger partial charge in [0.2, 0.25) is 0 Å². The van der Waals surface area contributed by atoms with Gasteiger partial charge in [-0.2, -0.15) is 31.4 Å². The minimum atomic E-state index is -4.95. The number of aromatic nitrogens is 2. The van der Waals surface area contributed by atoms with Gasteiger partial charge in [0.15, 0.2) is 0 Å². The van der Waals surface area contributed by atoms with Crippen molar-refractivity contribution in [2.24, 2.45) is 5.92 Å². The van der Waals surface area contributed by atoms with E-state index in [-0.39, 0.29) is 23.9 Å². The molecule has 10 heteroatoms. The van der Waals surface area contributed by atoms with Gasteiger partial charge in [0.25, 0.3) is 0 Å². The van der Waals surface area contributed by atoms with Crippen molar-refractivity contribution in [1.82, 2.24) is 9.78 Å². The number of rotatable bonds is 4. The van der Waals surface area contributed by atoms with E-state index >= 15 is 0 Å². The summed E-state index contributed by atoms with van der Waals surface area (Å²) in [5.74, 6) is -1.92. The highest BCUT2D eigenvalue weighted by molar-refractivity contribution is 5.69. The summed E-state index contributed by atoms with van der Waals surface area (Å²) in [5.41, 5.74) is -3.35. The van der Waals surface area contributed by atoms with Crippen molar-refractivity contribution in [2.75, 3.05) is 0 Å². The first kappa shape index (κ1) is 18.8. The minimum absolute atomic E-state index is 0.0347. The molecule has 0 spiro atoms. The lowest BCUT2D eigenvalue weighted by atomic mass is 10.0.